The molecule has 0 saturated heterocycles. The molecule has 0 heterocycles. The summed E-state index contributed by atoms with van der Waals surface area (Å²) in [6.45, 7) is 3.35. The van der Waals surface area contributed by atoms with E-state index < -0.39 is 6.16 Å². The molecule has 0 unspecified atom stereocenters. The van der Waals surface area contributed by atoms with Crippen LogP contribution in [0.2, 0.25) is 0 Å². The maximum absolute atomic E-state index is 8.33. The van der Waals surface area contributed by atoms with Crippen LogP contribution in [0.15, 0.2) is 10.7 Å². The summed E-state index contributed by atoms with van der Waals surface area (Å²) >= 11 is 2.05. The minimum Gasteiger partial charge on any atom is -0.652 e. The molecule has 0 saturated carbocycles. The number of carbonyl (C=O) groups excluding carboxylic acids is 1. The van der Waals surface area contributed by atoms with Crippen molar-refractivity contribution in [1.82, 2.24) is 0 Å². The van der Waals surface area contributed by atoms with Gasteiger partial charge in [-0.05, 0) is 10.2 Å². The molecule has 0 aromatic heterocycles. The van der Waals surface area contributed by atoms with E-state index in [4.69, 9.17) is 15.0 Å². The number of carboxylic acid groups (broad SMARTS) is 2. The van der Waals surface area contributed by atoms with Crippen molar-refractivity contribution < 1.29 is 15.0 Å². The highest BCUT2D eigenvalue weighted by Gasteiger charge is 1.26. The van der Waals surface area contributed by atoms with Crippen molar-refractivity contribution >= 4 is 28.7 Å². The van der Waals surface area contributed by atoms with Crippen LogP contribution in [0.1, 0.15) is 0 Å². The molecule has 3 nitrogen and oxygen atoms in total. The lowest BCUT2D eigenvalue weighted by molar-refractivity contribution is -0.415. The second kappa shape index (κ2) is 9.22. The Labute approximate surface area is 54.8 Å². The molecule has 0 N–H and O–H groups in total. The summed E-state index contributed by atoms with van der Waals surface area (Å²) in [5.74, 6) is 0. The van der Waals surface area contributed by atoms with Crippen molar-refractivity contribution in [2.24, 2.45) is 0 Å². The molecule has 0 aliphatic carbocycles. The predicted molar refractivity (Wildman–Crippen MR) is 29.6 cm³/mol. The molecule has 0 spiro atoms. The van der Waals surface area contributed by atoms with Crippen LogP contribution < -0.4 is 10.2 Å². The molecule has 0 bridgehead atoms. The first kappa shape index (κ1) is 9.88. The Kier molecular flexibility index (Phi) is 13.0. The van der Waals surface area contributed by atoms with E-state index in [-0.39, 0.29) is 0 Å². The van der Waals surface area contributed by atoms with E-state index in [9.17, 15) is 0 Å². The van der Waals surface area contributed by atoms with Crippen molar-refractivity contribution in [3.05, 3.63) is 10.7 Å². The first-order valence-electron chi connectivity index (χ1n) is 1.24. The van der Waals surface area contributed by atoms with Crippen LogP contribution in [0.25, 0.3) is 0 Å². The van der Waals surface area contributed by atoms with Crippen LogP contribution in [-0.4, -0.2) is 6.16 Å². The van der Waals surface area contributed by atoms with E-state index in [0.29, 0.717) is 0 Å². The number of halogens is 1. The summed E-state index contributed by atoms with van der Waals surface area (Å²) in [5.41, 5.74) is 0. The van der Waals surface area contributed by atoms with Crippen LogP contribution in [0.4, 0.5) is 4.79 Å². The molecule has 0 aromatic carbocycles. The minimum absolute atomic E-state index is 1.72. The highest BCUT2D eigenvalue weighted by atomic mass is 127. The summed E-state index contributed by atoms with van der Waals surface area (Å²) in [6.07, 6.45) is -2.33. The van der Waals surface area contributed by atoms with E-state index in [1.165, 1.54) is 0 Å². The second-order valence-corrected chi connectivity index (χ2v) is 1.29. The smallest absolute Gasteiger partial charge is 0.0306 e. The molecule has 0 aliphatic heterocycles. The Morgan fingerprint density at radius 3 is 1.71 bits per heavy atom. The largest absolute Gasteiger partial charge is 0.652 e. The van der Waals surface area contributed by atoms with Gasteiger partial charge >= 0.3 is 0 Å². The zero-order chi connectivity index (χ0) is 6.28. The summed E-state index contributed by atoms with van der Waals surface area (Å²) < 4.78 is 1.72. The topological polar surface area (TPSA) is 63.2 Å². The third-order valence-corrected chi connectivity index (χ3v) is 0. The van der Waals surface area contributed by atoms with Crippen LogP contribution in [0, 0.1) is 0 Å². The van der Waals surface area contributed by atoms with Gasteiger partial charge in [0.1, 0.15) is 0 Å². The fraction of sp³-hybridized carbons (Fsp3) is 0. The normalized spacial score (nSPS) is 5.29. The summed E-state index contributed by atoms with van der Waals surface area (Å²) in [4.78, 5) is 8.33. The monoisotopic (exact) mass is 214 g/mol. The summed E-state index contributed by atoms with van der Waals surface area (Å²) in [7, 11) is 0. The van der Waals surface area contributed by atoms with Crippen molar-refractivity contribution in [3.63, 3.8) is 0 Å². The molecular formula is C3H3IO3-2. The first-order chi connectivity index (χ1) is 3.15. The first-order valence-corrected chi connectivity index (χ1v) is 2.48. The van der Waals surface area contributed by atoms with Gasteiger partial charge in [-0.2, -0.15) is 0 Å². The highest BCUT2D eigenvalue weighted by Crippen LogP contribution is 1.70. The zero-order valence-corrected chi connectivity index (χ0v) is 5.54. The molecule has 0 fully saturated rings. The minimum atomic E-state index is -2.33. The summed E-state index contributed by atoms with van der Waals surface area (Å²) in [6, 6.07) is 0. The Morgan fingerprint density at radius 1 is 1.71 bits per heavy atom. The van der Waals surface area contributed by atoms with E-state index in [1.807, 2.05) is 0 Å². The van der Waals surface area contributed by atoms with Crippen molar-refractivity contribution in [3.8, 4) is 0 Å². The number of hydrogen-bond donors (Lipinski definition) is 0. The lowest BCUT2D eigenvalue weighted by Gasteiger charge is -1.96. The van der Waals surface area contributed by atoms with Gasteiger partial charge in [-0.3, -0.25) is 0 Å². The second-order valence-electron chi connectivity index (χ2n) is 0.404. The van der Waals surface area contributed by atoms with E-state index in [0.717, 1.165) is 0 Å². The Hall–Kier alpha value is -0.260. The van der Waals surface area contributed by atoms with Gasteiger partial charge in [-0.15, -0.1) is 0 Å². The van der Waals surface area contributed by atoms with Gasteiger partial charge < -0.3 is 15.0 Å². The fourth-order valence-electron chi connectivity index (χ4n) is 0. The Balaban J connectivity index is 0. The maximum Gasteiger partial charge on any atom is -0.0306 e. The predicted octanol–water partition coefficient (Wildman–Crippen LogP) is -0.882. The van der Waals surface area contributed by atoms with Crippen molar-refractivity contribution in [1.29, 1.82) is 0 Å². The van der Waals surface area contributed by atoms with Gasteiger partial charge in [0, 0.05) is 0 Å². The molecule has 7 heavy (non-hydrogen) atoms. The molecule has 0 aliphatic rings. The SMILES string of the molecule is C=CI.O=C([O-])[O-]. The molecule has 0 amide bonds. The fourth-order valence-corrected chi connectivity index (χ4v) is 0. The van der Waals surface area contributed by atoms with Crippen molar-refractivity contribution in [2.75, 3.05) is 0 Å². The quantitative estimate of drug-likeness (QED) is 0.491. The van der Waals surface area contributed by atoms with E-state index in [1.54, 1.807) is 4.08 Å². The number of rotatable bonds is 0. The Morgan fingerprint density at radius 2 is 1.71 bits per heavy atom. The average molecular weight is 214 g/mol. The zero-order valence-electron chi connectivity index (χ0n) is 3.39. The van der Waals surface area contributed by atoms with E-state index >= 15 is 0 Å². The third-order valence-electron chi connectivity index (χ3n) is 0. The standard InChI is InChI=1S/C2H3I.CH2O3/c1-2-3;2-1(3)4/h2H,1H2;(H2,2,3,4)/p-2. The lowest BCUT2D eigenvalue weighted by atomic mass is 11.3. The molecule has 42 valence electrons. The molecule has 0 atom stereocenters. The molecule has 0 rings (SSSR count). The average Bonchev–Trinajstić information content (AvgIpc) is 1.33. The molecule has 0 aromatic rings. The Bertz CT molecular complexity index is 57.2. The molecule has 0 radical (unpaired) electrons. The van der Waals surface area contributed by atoms with Crippen LogP contribution in [-0.2, 0) is 0 Å². The molecular weight excluding hydrogens is 211 g/mol. The van der Waals surface area contributed by atoms with Crippen LogP contribution in [0.3, 0.4) is 0 Å². The highest BCUT2D eigenvalue weighted by molar-refractivity contribution is 14.1. The number of hydrogen-bond acceptors (Lipinski definition) is 3. The van der Waals surface area contributed by atoms with Crippen molar-refractivity contribution in [2.45, 2.75) is 0 Å². The van der Waals surface area contributed by atoms with Gasteiger partial charge in [-0.25, -0.2) is 0 Å². The van der Waals surface area contributed by atoms with Gasteiger partial charge in [0.15, 0.2) is 0 Å². The maximum atomic E-state index is 8.33. The lowest BCUT2D eigenvalue weighted by Crippen LogP contribution is -2.37. The number of carbonyl (C=O) groups is 1. The van der Waals surface area contributed by atoms with E-state index in [2.05, 4.69) is 29.2 Å². The van der Waals surface area contributed by atoms with Gasteiger partial charge in [0.2, 0.25) is 0 Å². The van der Waals surface area contributed by atoms with Crippen LogP contribution >= 0.6 is 22.6 Å². The van der Waals surface area contributed by atoms with Gasteiger partial charge in [-0.1, -0.05) is 29.2 Å². The molecule has 4 heteroatoms. The van der Waals surface area contributed by atoms with Gasteiger partial charge in [0.25, 0.3) is 0 Å². The third kappa shape index (κ3) is 1190. The summed E-state index contributed by atoms with van der Waals surface area (Å²) in [5, 5.41) is 16.7. The van der Waals surface area contributed by atoms with Crippen LogP contribution in [0.5, 0.6) is 0 Å². The van der Waals surface area contributed by atoms with Gasteiger partial charge in [0.05, 0.1) is 0 Å².